The molecule has 114 valence electrons. The Morgan fingerprint density at radius 3 is 2.86 bits per heavy atom. The summed E-state index contributed by atoms with van der Waals surface area (Å²) < 4.78 is 2.00. The molecule has 0 aromatic carbocycles. The van der Waals surface area contributed by atoms with Gasteiger partial charge in [0.25, 0.3) is 0 Å². The van der Waals surface area contributed by atoms with Gasteiger partial charge in [-0.1, -0.05) is 0 Å². The molecule has 0 radical (unpaired) electrons. The maximum absolute atomic E-state index is 5.80. The Morgan fingerprint density at radius 2 is 2.19 bits per heavy atom. The first-order valence-corrected chi connectivity index (χ1v) is 8.60. The number of aromatic nitrogens is 2. The van der Waals surface area contributed by atoms with E-state index in [0.29, 0.717) is 6.04 Å². The summed E-state index contributed by atoms with van der Waals surface area (Å²) in [6, 6.07) is 5.01. The fourth-order valence-corrected chi connectivity index (χ4v) is 4.23. The molecular formula is C16H24N4S. The van der Waals surface area contributed by atoms with E-state index in [-0.39, 0.29) is 6.04 Å². The molecule has 0 fully saturated rings. The maximum Gasteiger partial charge on any atom is 0.0644 e. The molecule has 3 rings (SSSR count). The van der Waals surface area contributed by atoms with Crippen LogP contribution in [0.4, 0.5) is 0 Å². The lowest BCUT2D eigenvalue weighted by Crippen LogP contribution is -2.29. The number of hydrazine groups is 1. The molecule has 5 heteroatoms. The van der Waals surface area contributed by atoms with Crippen molar-refractivity contribution in [3.8, 4) is 0 Å². The van der Waals surface area contributed by atoms with Gasteiger partial charge < -0.3 is 0 Å². The third-order valence-electron chi connectivity index (χ3n) is 4.17. The summed E-state index contributed by atoms with van der Waals surface area (Å²) in [5, 5.41) is 4.63. The van der Waals surface area contributed by atoms with E-state index in [2.05, 4.69) is 36.5 Å². The van der Waals surface area contributed by atoms with Crippen molar-refractivity contribution in [1.82, 2.24) is 15.2 Å². The second kappa shape index (κ2) is 6.30. The molecule has 1 atom stereocenters. The lowest BCUT2D eigenvalue weighted by atomic mass is 9.98. The first-order valence-electron chi connectivity index (χ1n) is 7.79. The number of thiophene rings is 1. The second-order valence-corrected chi connectivity index (χ2v) is 7.28. The fraction of sp³-hybridized carbons (Fsp3) is 0.562. The molecular weight excluding hydrogens is 280 g/mol. The molecule has 3 N–H and O–H groups in total. The summed E-state index contributed by atoms with van der Waals surface area (Å²) in [6.07, 6.45) is 8.00. The number of nitrogens with one attached hydrogen (secondary N) is 1. The van der Waals surface area contributed by atoms with E-state index in [1.54, 1.807) is 4.88 Å². The van der Waals surface area contributed by atoms with E-state index in [4.69, 9.17) is 5.84 Å². The normalized spacial score (nSPS) is 16.2. The van der Waals surface area contributed by atoms with Gasteiger partial charge in [-0.05, 0) is 57.2 Å². The Balaban J connectivity index is 1.76. The smallest absolute Gasteiger partial charge is 0.0644 e. The van der Waals surface area contributed by atoms with Gasteiger partial charge in [0.05, 0.1) is 11.7 Å². The van der Waals surface area contributed by atoms with Gasteiger partial charge in [-0.25, -0.2) is 0 Å². The highest BCUT2D eigenvalue weighted by Gasteiger charge is 2.19. The van der Waals surface area contributed by atoms with Crippen molar-refractivity contribution in [3.05, 3.63) is 39.3 Å². The van der Waals surface area contributed by atoms with Crippen molar-refractivity contribution in [2.24, 2.45) is 5.84 Å². The minimum atomic E-state index is 0.163. The van der Waals surface area contributed by atoms with Gasteiger partial charge in [-0.3, -0.25) is 16.0 Å². The molecule has 2 aromatic rings. The van der Waals surface area contributed by atoms with Gasteiger partial charge in [0.1, 0.15) is 0 Å². The minimum absolute atomic E-state index is 0.163. The molecule has 0 bridgehead atoms. The molecule has 2 heterocycles. The number of rotatable bonds is 5. The molecule has 0 amide bonds. The summed E-state index contributed by atoms with van der Waals surface area (Å²) in [7, 11) is 0. The molecule has 0 spiro atoms. The fourth-order valence-electron chi connectivity index (χ4n) is 2.91. The van der Waals surface area contributed by atoms with Crippen molar-refractivity contribution >= 4 is 11.3 Å². The van der Waals surface area contributed by atoms with Gasteiger partial charge in [0.2, 0.25) is 0 Å². The largest absolute Gasteiger partial charge is 0.271 e. The van der Waals surface area contributed by atoms with E-state index in [1.165, 1.54) is 36.1 Å². The van der Waals surface area contributed by atoms with Crippen LogP contribution in [0.3, 0.4) is 0 Å². The quantitative estimate of drug-likeness (QED) is 0.659. The number of hydrogen-bond acceptors (Lipinski definition) is 4. The summed E-state index contributed by atoms with van der Waals surface area (Å²) in [5.41, 5.74) is 5.61. The molecule has 0 aliphatic heterocycles. The van der Waals surface area contributed by atoms with Gasteiger partial charge in [0.15, 0.2) is 0 Å². The van der Waals surface area contributed by atoms with Crippen LogP contribution < -0.4 is 11.3 Å². The first kappa shape index (κ1) is 14.8. The molecule has 1 aliphatic rings. The maximum atomic E-state index is 5.80. The van der Waals surface area contributed by atoms with E-state index < -0.39 is 0 Å². The van der Waals surface area contributed by atoms with Crippen molar-refractivity contribution in [1.29, 1.82) is 0 Å². The number of nitrogens with zero attached hydrogens (tertiary/aromatic N) is 2. The third-order valence-corrected chi connectivity index (χ3v) is 5.52. The van der Waals surface area contributed by atoms with Crippen molar-refractivity contribution in [3.63, 3.8) is 0 Å². The standard InChI is InChI=1S/C16H24N4S/c1-11(2)20-8-7-13(19-20)10-14(18-17)16-9-12-5-3-4-6-15(12)21-16/h7-9,11,14,18H,3-6,10,17H2,1-2H3. The first-order chi connectivity index (χ1) is 10.2. The molecule has 4 nitrogen and oxygen atoms in total. The second-order valence-electron chi connectivity index (χ2n) is 6.11. The number of nitrogens with two attached hydrogens (primary N) is 1. The lowest BCUT2D eigenvalue weighted by molar-refractivity contribution is 0.509. The Bertz CT molecular complexity index is 576. The summed E-state index contributed by atoms with van der Waals surface area (Å²) in [4.78, 5) is 2.91. The summed E-state index contributed by atoms with van der Waals surface area (Å²) >= 11 is 1.92. The van der Waals surface area contributed by atoms with Crippen LogP contribution in [0.25, 0.3) is 0 Å². The van der Waals surface area contributed by atoms with Gasteiger partial charge in [-0.2, -0.15) is 5.10 Å². The molecule has 21 heavy (non-hydrogen) atoms. The van der Waals surface area contributed by atoms with E-state index in [1.807, 2.05) is 22.2 Å². The van der Waals surface area contributed by atoms with Crippen molar-refractivity contribution < 1.29 is 0 Å². The summed E-state index contributed by atoms with van der Waals surface area (Å²) in [5.74, 6) is 5.80. The van der Waals surface area contributed by atoms with Crippen LogP contribution in [0, 0.1) is 0 Å². The number of fused-ring (bicyclic) bond motifs is 1. The van der Waals surface area contributed by atoms with Gasteiger partial charge in [0, 0.05) is 28.4 Å². The van der Waals surface area contributed by atoms with Gasteiger partial charge in [-0.15, -0.1) is 11.3 Å². The monoisotopic (exact) mass is 304 g/mol. The Labute approximate surface area is 130 Å². The number of hydrogen-bond donors (Lipinski definition) is 2. The van der Waals surface area contributed by atoms with Crippen LogP contribution in [0.1, 0.15) is 59.8 Å². The Morgan fingerprint density at radius 1 is 1.38 bits per heavy atom. The van der Waals surface area contributed by atoms with Crippen molar-refractivity contribution in [2.75, 3.05) is 0 Å². The average Bonchev–Trinajstić information content (AvgIpc) is 3.11. The average molecular weight is 304 g/mol. The Kier molecular flexibility index (Phi) is 4.42. The highest BCUT2D eigenvalue weighted by Crippen LogP contribution is 2.33. The SMILES string of the molecule is CC(C)n1ccc(CC(NN)c2cc3c(s2)CCCC3)n1. The molecule has 0 saturated heterocycles. The van der Waals surface area contributed by atoms with E-state index >= 15 is 0 Å². The summed E-state index contributed by atoms with van der Waals surface area (Å²) in [6.45, 7) is 4.28. The van der Waals surface area contributed by atoms with Crippen molar-refractivity contribution in [2.45, 2.75) is 58.0 Å². The molecule has 2 aromatic heterocycles. The zero-order chi connectivity index (χ0) is 14.8. The zero-order valence-corrected chi connectivity index (χ0v) is 13.6. The topological polar surface area (TPSA) is 55.9 Å². The van der Waals surface area contributed by atoms with Crippen LogP contribution in [0.15, 0.2) is 18.3 Å². The highest BCUT2D eigenvalue weighted by atomic mass is 32.1. The molecule has 1 unspecified atom stereocenters. The third kappa shape index (κ3) is 3.20. The van der Waals surface area contributed by atoms with Crippen LogP contribution in [-0.4, -0.2) is 9.78 Å². The number of aryl methyl sites for hydroxylation is 2. The van der Waals surface area contributed by atoms with Crippen LogP contribution in [0.2, 0.25) is 0 Å². The predicted molar refractivity (Wildman–Crippen MR) is 87.3 cm³/mol. The van der Waals surface area contributed by atoms with Crippen LogP contribution >= 0.6 is 11.3 Å². The lowest BCUT2D eigenvalue weighted by Gasteiger charge is -2.12. The van der Waals surface area contributed by atoms with Gasteiger partial charge >= 0.3 is 0 Å². The predicted octanol–water partition coefficient (Wildman–Crippen LogP) is 3.15. The Hall–Kier alpha value is -1.17. The van der Waals surface area contributed by atoms with Crippen LogP contribution in [0.5, 0.6) is 0 Å². The van der Waals surface area contributed by atoms with E-state index in [9.17, 15) is 0 Å². The molecule has 1 aliphatic carbocycles. The minimum Gasteiger partial charge on any atom is -0.271 e. The zero-order valence-electron chi connectivity index (χ0n) is 12.8. The van der Waals surface area contributed by atoms with Crippen LogP contribution in [-0.2, 0) is 19.3 Å². The highest BCUT2D eigenvalue weighted by molar-refractivity contribution is 7.12. The van der Waals surface area contributed by atoms with E-state index in [0.717, 1.165) is 12.1 Å². The molecule has 0 saturated carbocycles.